The summed E-state index contributed by atoms with van der Waals surface area (Å²) in [4.78, 5) is 14.3. The summed E-state index contributed by atoms with van der Waals surface area (Å²) < 4.78 is 16.1. The molecule has 0 spiro atoms. The van der Waals surface area contributed by atoms with Crippen LogP contribution in [0.25, 0.3) is 6.08 Å². The number of ether oxygens (including phenoxy) is 3. The highest BCUT2D eigenvalue weighted by molar-refractivity contribution is 7.80. The minimum Gasteiger partial charge on any atom is -0.493 e. The van der Waals surface area contributed by atoms with Gasteiger partial charge < -0.3 is 19.5 Å². The quantitative estimate of drug-likeness (QED) is 0.606. The molecule has 2 aromatic carbocycles. The van der Waals surface area contributed by atoms with Gasteiger partial charge in [-0.25, -0.2) is 0 Å². The molecule has 3 rings (SSSR count). The van der Waals surface area contributed by atoms with Crippen LogP contribution in [0.2, 0.25) is 5.02 Å². The third-order valence-electron chi connectivity index (χ3n) is 4.01. The summed E-state index contributed by atoms with van der Waals surface area (Å²) in [5.41, 5.74) is 1.45. The first kappa shape index (κ1) is 19.0. The molecule has 1 saturated heterocycles. The third kappa shape index (κ3) is 3.43. The first-order chi connectivity index (χ1) is 13.0. The molecule has 0 aliphatic carbocycles. The summed E-state index contributed by atoms with van der Waals surface area (Å²) in [6.07, 6.45) is 1.65. The van der Waals surface area contributed by atoms with Gasteiger partial charge in [0.2, 0.25) is 5.75 Å². The average molecular weight is 405 g/mol. The highest BCUT2D eigenvalue weighted by Crippen LogP contribution is 2.41. The van der Waals surface area contributed by atoms with Crippen molar-refractivity contribution in [2.45, 2.75) is 0 Å². The van der Waals surface area contributed by atoms with Crippen LogP contribution in [0.3, 0.4) is 0 Å². The first-order valence-electron chi connectivity index (χ1n) is 7.92. The summed E-state index contributed by atoms with van der Waals surface area (Å²) in [7, 11) is 4.58. The van der Waals surface area contributed by atoms with Crippen molar-refractivity contribution in [3.63, 3.8) is 0 Å². The summed E-state index contributed by atoms with van der Waals surface area (Å²) in [6, 6.07) is 10.5. The predicted octanol–water partition coefficient (Wildman–Crippen LogP) is 3.63. The van der Waals surface area contributed by atoms with Crippen LogP contribution in [-0.4, -0.2) is 32.3 Å². The van der Waals surface area contributed by atoms with Crippen LogP contribution in [0, 0.1) is 0 Å². The Labute approximate surface area is 167 Å². The standard InChI is InChI=1S/C19H17ClN2O4S/c1-24-15-9-8-11(16(25-2)17(15)26-3)10-13-18(23)22(19(27)21-13)14-7-5-4-6-12(14)20/h4-10H,1-3H3,(H,21,27)/b13-10-. The minimum absolute atomic E-state index is 0.249. The van der Waals surface area contributed by atoms with E-state index in [9.17, 15) is 4.79 Å². The minimum atomic E-state index is -0.315. The van der Waals surface area contributed by atoms with Crippen LogP contribution in [0.1, 0.15) is 5.56 Å². The number of halogens is 1. The fraction of sp³-hybridized carbons (Fsp3) is 0.158. The fourth-order valence-corrected chi connectivity index (χ4v) is 3.29. The maximum Gasteiger partial charge on any atom is 0.281 e. The van der Waals surface area contributed by atoms with E-state index in [-0.39, 0.29) is 11.0 Å². The van der Waals surface area contributed by atoms with Gasteiger partial charge >= 0.3 is 0 Å². The molecule has 0 unspecified atom stereocenters. The largest absolute Gasteiger partial charge is 0.493 e. The van der Waals surface area contributed by atoms with Crippen molar-refractivity contribution in [1.29, 1.82) is 0 Å². The fourth-order valence-electron chi connectivity index (χ4n) is 2.78. The molecule has 1 aliphatic rings. The number of carbonyl (C=O) groups is 1. The number of hydrogen-bond acceptors (Lipinski definition) is 5. The van der Waals surface area contributed by atoms with Gasteiger partial charge in [-0.15, -0.1) is 0 Å². The number of anilines is 1. The molecule has 1 amide bonds. The van der Waals surface area contributed by atoms with E-state index in [1.54, 1.807) is 42.5 Å². The molecular formula is C19H17ClN2O4S. The Morgan fingerprint density at radius 3 is 2.37 bits per heavy atom. The van der Waals surface area contributed by atoms with E-state index in [2.05, 4.69) is 5.32 Å². The molecule has 0 aromatic heterocycles. The molecule has 0 saturated carbocycles. The molecule has 1 heterocycles. The molecule has 1 fully saturated rings. The van der Waals surface area contributed by atoms with Crippen molar-refractivity contribution in [2.75, 3.05) is 26.2 Å². The second kappa shape index (κ2) is 7.85. The SMILES string of the molecule is COc1ccc(/C=C2\NC(=S)N(c3ccccc3Cl)C2=O)c(OC)c1OC. The molecule has 2 aromatic rings. The van der Waals surface area contributed by atoms with Gasteiger partial charge in [-0.3, -0.25) is 9.69 Å². The van der Waals surface area contributed by atoms with Gasteiger partial charge in [0.25, 0.3) is 5.91 Å². The van der Waals surface area contributed by atoms with Crippen molar-refractivity contribution in [3.05, 3.63) is 52.7 Å². The lowest BCUT2D eigenvalue weighted by atomic mass is 10.1. The number of methoxy groups -OCH3 is 3. The van der Waals surface area contributed by atoms with Gasteiger partial charge in [-0.05, 0) is 42.6 Å². The molecule has 140 valence electrons. The van der Waals surface area contributed by atoms with Crippen LogP contribution in [0.5, 0.6) is 17.2 Å². The molecule has 8 heteroatoms. The predicted molar refractivity (Wildman–Crippen MR) is 109 cm³/mol. The Morgan fingerprint density at radius 1 is 1.04 bits per heavy atom. The van der Waals surface area contributed by atoms with Gasteiger partial charge in [-0.1, -0.05) is 23.7 Å². The smallest absolute Gasteiger partial charge is 0.281 e. The molecule has 0 radical (unpaired) electrons. The lowest BCUT2D eigenvalue weighted by Gasteiger charge is -2.15. The highest BCUT2D eigenvalue weighted by Gasteiger charge is 2.33. The van der Waals surface area contributed by atoms with E-state index < -0.39 is 0 Å². The number of carbonyl (C=O) groups excluding carboxylic acids is 1. The molecule has 6 nitrogen and oxygen atoms in total. The van der Waals surface area contributed by atoms with E-state index in [4.69, 9.17) is 38.0 Å². The van der Waals surface area contributed by atoms with Crippen LogP contribution in [-0.2, 0) is 4.79 Å². The van der Waals surface area contributed by atoms with Crippen molar-refractivity contribution < 1.29 is 19.0 Å². The zero-order valence-corrected chi connectivity index (χ0v) is 16.5. The zero-order valence-electron chi connectivity index (χ0n) is 14.9. The van der Waals surface area contributed by atoms with Crippen LogP contribution in [0.15, 0.2) is 42.1 Å². The number of benzene rings is 2. The maximum absolute atomic E-state index is 12.9. The molecule has 0 atom stereocenters. The van der Waals surface area contributed by atoms with E-state index >= 15 is 0 Å². The van der Waals surface area contributed by atoms with Crippen molar-refractivity contribution in [1.82, 2.24) is 5.32 Å². The molecular weight excluding hydrogens is 388 g/mol. The Hall–Kier alpha value is -2.77. The summed E-state index contributed by atoms with van der Waals surface area (Å²) in [6.45, 7) is 0. The lowest BCUT2D eigenvalue weighted by molar-refractivity contribution is -0.113. The van der Waals surface area contributed by atoms with Crippen LogP contribution in [0.4, 0.5) is 5.69 Å². The molecule has 1 aliphatic heterocycles. The number of nitrogens with zero attached hydrogens (tertiary/aromatic N) is 1. The Bertz CT molecular complexity index is 945. The third-order valence-corrected chi connectivity index (χ3v) is 4.61. The Kier molecular flexibility index (Phi) is 5.53. The van der Waals surface area contributed by atoms with E-state index in [1.165, 1.54) is 26.2 Å². The lowest BCUT2D eigenvalue weighted by Crippen LogP contribution is -2.30. The van der Waals surface area contributed by atoms with E-state index in [0.29, 0.717) is 39.2 Å². The number of rotatable bonds is 5. The molecule has 27 heavy (non-hydrogen) atoms. The number of amides is 1. The Balaban J connectivity index is 2.03. The second-order valence-electron chi connectivity index (χ2n) is 5.50. The number of hydrogen-bond donors (Lipinski definition) is 1. The first-order valence-corrected chi connectivity index (χ1v) is 8.71. The zero-order chi connectivity index (χ0) is 19.6. The second-order valence-corrected chi connectivity index (χ2v) is 6.30. The summed E-state index contributed by atoms with van der Waals surface area (Å²) in [5, 5.41) is 3.61. The van der Waals surface area contributed by atoms with Crippen molar-refractivity contribution in [2.24, 2.45) is 0 Å². The topological polar surface area (TPSA) is 60.0 Å². The van der Waals surface area contributed by atoms with Gasteiger partial charge in [0.1, 0.15) is 5.70 Å². The number of nitrogens with one attached hydrogen (secondary N) is 1. The van der Waals surface area contributed by atoms with Crippen LogP contribution < -0.4 is 24.4 Å². The van der Waals surface area contributed by atoms with Crippen molar-refractivity contribution in [3.8, 4) is 17.2 Å². The van der Waals surface area contributed by atoms with Gasteiger partial charge in [0.05, 0.1) is 32.0 Å². The molecule has 0 bridgehead atoms. The monoisotopic (exact) mass is 404 g/mol. The average Bonchev–Trinajstić information content (AvgIpc) is 2.95. The van der Waals surface area contributed by atoms with E-state index in [0.717, 1.165) is 0 Å². The van der Waals surface area contributed by atoms with E-state index in [1.807, 2.05) is 0 Å². The van der Waals surface area contributed by atoms with Crippen molar-refractivity contribution >= 4 is 46.6 Å². The highest BCUT2D eigenvalue weighted by atomic mass is 35.5. The summed E-state index contributed by atoms with van der Waals surface area (Å²) >= 11 is 11.5. The number of para-hydroxylation sites is 1. The maximum atomic E-state index is 12.9. The van der Waals surface area contributed by atoms with Gasteiger partial charge in [0.15, 0.2) is 16.6 Å². The normalized spacial score (nSPS) is 15.1. The van der Waals surface area contributed by atoms with Gasteiger partial charge in [-0.2, -0.15) is 0 Å². The summed E-state index contributed by atoms with van der Waals surface area (Å²) in [5.74, 6) is 1.09. The number of thiocarbonyl (C=S) groups is 1. The Morgan fingerprint density at radius 2 is 1.74 bits per heavy atom. The van der Waals surface area contributed by atoms with Crippen LogP contribution >= 0.6 is 23.8 Å². The molecule has 1 N–H and O–H groups in total. The van der Waals surface area contributed by atoms with Gasteiger partial charge in [0, 0.05) is 5.56 Å².